The maximum atomic E-state index is 10.3. The molecule has 142 valence electrons. The van der Waals surface area contributed by atoms with Crippen LogP contribution in [0.25, 0.3) is 5.69 Å². The number of ether oxygens (including phenoxy) is 1. The van der Waals surface area contributed by atoms with Gasteiger partial charge in [-0.05, 0) is 53.6 Å². The van der Waals surface area contributed by atoms with Gasteiger partial charge in [0.15, 0.2) is 0 Å². The van der Waals surface area contributed by atoms with Crippen LogP contribution in [0.3, 0.4) is 0 Å². The minimum atomic E-state index is -0.633. The molecule has 3 aromatic rings. The van der Waals surface area contributed by atoms with Gasteiger partial charge < -0.3 is 9.84 Å². The Morgan fingerprint density at radius 3 is 2.67 bits per heavy atom. The molecule has 1 aromatic heterocycles. The van der Waals surface area contributed by atoms with Gasteiger partial charge in [-0.25, -0.2) is 0 Å². The van der Waals surface area contributed by atoms with Gasteiger partial charge in [-0.15, -0.1) is 5.10 Å². The second kappa shape index (κ2) is 9.32. The first kappa shape index (κ1) is 19.8. The third-order valence-corrected chi connectivity index (χ3v) is 5.38. The van der Waals surface area contributed by atoms with Crippen molar-refractivity contribution >= 4 is 23.4 Å². The lowest BCUT2D eigenvalue weighted by atomic mass is 10.1. The number of rotatable bonds is 8. The Balaban J connectivity index is 1.53. The van der Waals surface area contributed by atoms with E-state index in [1.807, 2.05) is 62.4 Å². The van der Waals surface area contributed by atoms with Crippen LogP contribution < -0.4 is 0 Å². The van der Waals surface area contributed by atoms with E-state index in [-0.39, 0.29) is 12.7 Å². The van der Waals surface area contributed by atoms with Gasteiger partial charge >= 0.3 is 0 Å². The van der Waals surface area contributed by atoms with Crippen molar-refractivity contribution < 1.29 is 9.84 Å². The van der Waals surface area contributed by atoms with Gasteiger partial charge in [-0.2, -0.15) is 4.68 Å². The molecule has 0 fully saturated rings. The largest absolute Gasteiger partial charge is 0.390 e. The van der Waals surface area contributed by atoms with Crippen molar-refractivity contribution in [1.29, 1.82) is 0 Å². The summed E-state index contributed by atoms with van der Waals surface area (Å²) in [6, 6.07) is 15.4. The second-order valence-electron chi connectivity index (χ2n) is 6.15. The lowest BCUT2D eigenvalue weighted by Gasteiger charge is -2.16. The van der Waals surface area contributed by atoms with Gasteiger partial charge in [0.1, 0.15) is 0 Å². The zero-order chi connectivity index (χ0) is 19.2. The molecule has 3 rings (SSSR count). The topological polar surface area (TPSA) is 73.1 Å². The molecule has 27 heavy (non-hydrogen) atoms. The van der Waals surface area contributed by atoms with Crippen molar-refractivity contribution in [3.8, 4) is 5.69 Å². The lowest BCUT2D eigenvalue weighted by molar-refractivity contribution is 0.00621. The fourth-order valence-corrected chi connectivity index (χ4v) is 3.44. The van der Waals surface area contributed by atoms with E-state index in [1.54, 1.807) is 4.68 Å². The molecule has 1 heterocycles. The van der Waals surface area contributed by atoms with Crippen molar-refractivity contribution in [2.24, 2.45) is 0 Å². The predicted octanol–water partition coefficient (Wildman–Crippen LogP) is 3.85. The first-order valence-corrected chi connectivity index (χ1v) is 9.93. The molecule has 0 bridgehead atoms. The minimum absolute atomic E-state index is 0.126. The third-order valence-electron chi connectivity index (χ3n) is 4.07. The van der Waals surface area contributed by atoms with Crippen molar-refractivity contribution in [2.45, 2.75) is 31.2 Å². The summed E-state index contributed by atoms with van der Waals surface area (Å²) in [5.74, 6) is 0.430. The summed E-state index contributed by atoms with van der Waals surface area (Å²) < 4.78 is 7.45. The molecule has 0 saturated carbocycles. The van der Waals surface area contributed by atoms with Crippen LogP contribution in [0.5, 0.6) is 0 Å². The number of halogens is 1. The number of thioether (sulfide) groups is 1. The number of hydrogen-bond acceptors (Lipinski definition) is 6. The summed E-state index contributed by atoms with van der Waals surface area (Å²) in [7, 11) is 0. The van der Waals surface area contributed by atoms with E-state index >= 15 is 0 Å². The summed E-state index contributed by atoms with van der Waals surface area (Å²) in [5.41, 5.74) is 3.02. The highest BCUT2D eigenvalue weighted by atomic mass is 35.5. The number of tetrazole rings is 1. The Kier molecular flexibility index (Phi) is 6.84. The highest BCUT2D eigenvalue weighted by molar-refractivity contribution is 7.99. The highest BCUT2D eigenvalue weighted by Crippen LogP contribution is 2.22. The SMILES string of the molecule is Cc1ccccc1-n1nnnc1SC[C@H](O)CO[C@@H](C)c1ccc(Cl)cc1. The fourth-order valence-electron chi connectivity index (χ4n) is 2.53. The summed E-state index contributed by atoms with van der Waals surface area (Å²) in [5, 5.41) is 23.5. The third kappa shape index (κ3) is 5.29. The molecule has 2 aromatic carbocycles. The number of aryl methyl sites for hydroxylation is 1. The summed E-state index contributed by atoms with van der Waals surface area (Å²) in [6.07, 6.45) is -0.758. The molecule has 0 spiro atoms. The zero-order valence-corrected chi connectivity index (χ0v) is 16.7. The number of aromatic nitrogens is 4. The monoisotopic (exact) mass is 404 g/mol. The Labute approximate surface area is 167 Å². The normalized spacial score (nSPS) is 13.5. The first-order valence-electron chi connectivity index (χ1n) is 8.57. The molecule has 1 N–H and O–H groups in total. The minimum Gasteiger partial charge on any atom is -0.390 e. The van der Waals surface area contributed by atoms with E-state index in [1.165, 1.54) is 11.8 Å². The van der Waals surface area contributed by atoms with Crippen LogP contribution >= 0.6 is 23.4 Å². The van der Waals surface area contributed by atoms with Crippen molar-refractivity contribution in [1.82, 2.24) is 20.2 Å². The summed E-state index contributed by atoms with van der Waals surface area (Å²) >= 11 is 7.29. The zero-order valence-electron chi connectivity index (χ0n) is 15.1. The van der Waals surface area contributed by atoms with E-state index in [9.17, 15) is 5.11 Å². The number of hydrogen-bond donors (Lipinski definition) is 1. The summed E-state index contributed by atoms with van der Waals surface area (Å²) in [6.45, 7) is 4.18. The molecular weight excluding hydrogens is 384 g/mol. The van der Waals surface area contributed by atoms with Gasteiger partial charge in [-0.1, -0.05) is 53.7 Å². The number of aliphatic hydroxyl groups excluding tert-OH is 1. The standard InChI is InChI=1S/C19H21ClN4O2S/c1-13-5-3-4-6-18(13)24-19(21-22-23-24)27-12-17(25)11-26-14(2)15-7-9-16(20)10-8-15/h3-10,14,17,25H,11-12H2,1-2H3/t14-,17+/m0/s1. The maximum absolute atomic E-state index is 10.3. The van der Waals surface area contributed by atoms with Gasteiger partial charge in [0.05, 0.1) is 24.5 Å². The van der Waals surface area contributed by atoms with E-state index < -0.39 is 6.10 Å². The van der Waals surface area contributed by atoms with Crippen LogP contribution in [0.4, 0.5) is 0 Å². The van der Waals surface area contributed by atoms with Crippen LogP contribution in [0, 0.1) is 6.92 Å². The Bertz CT molecular complexity index is 872. The molecule has 0 aliphatic rings. The summed E-state index contributed by atoms with van der Waals surface area (Å²) in [4.78, 5) is 0. The molecule has 8 heteroatoms. The molecule has 0 unspecified atom stereocenters. The Morgan fingerprint density at radius 2 is 1.93 bits per heavy atom. The molecule has 0 saturated heterocycles. The smallest absolute Gasteiger partial charge is 0.214 e. The maximum Gasteiger partial charge on any atom is 0.214 e. The Morgan fingerprint density at radius 1 is 1.19 bits per heavy atom. The predicted molar refractivity (Wildman–Crippen MR) is 106 cm³/mol. The molecule has 0 radical (unpaired) electrons. The first-order chi connectivity index (χ1) is 13.0. The van der Waals surface area contributed by atoms with Gasteiger partial charge in [0.2, 0.25) is 5.16 Å². The van der Waals surface area contributed by atoms with Crippen molar-refractivity contribution in [3.63, 3.8) is 0 Å². The average Bonchev–Trinajstić information content (AvgIpc) is 3.13. The average molecular weight is 405 g/mol. The molecule has 0 aliphatic heterocycles. The Hall–Kier alpha value is -1.93. The number of para-hydroxylation sites is 1. The number of nitrogens with zero attached hydrogens (tertiary/aromatic N) is 4. The number of aliphatic hydroxyl groups is 1. The van der Waals surface area contributed by atoms with Crippen LogP contribution in [0.15, 0.2) is 53.7 Å². The van der Waals surface area contributed by atoms with Crippen LogP contribution in [0.2, 0.25) is 5.02 Å². The van der Waals surface area contributed by atoms with Gasteiger partial charge in [0, 0.05) is 10.8 Å². The molecular formula is C19H21ClN4O2S. The van der Waals surface area contributed by atoms with E-state index in [2.05, 4.69) is 15.5 Å². The van der Waals surface area contributed by atoms with Crippen LogP contribution in [0.1, 0.15) is 24.2 Å². The van der Waals surface area contributed by atoms with Gasteiger partial charge in [-0.3, -0.25) is 0 Å². The second-order valence-corrected chi connectivity index (χ2v) is 7.58. The molecule has 0 amide bonds. The van der Waals surface area contributed by atoms with Crippen LogP contribution in [-0.2, 0) is 4.74 Å². The molecule has 2 atom stereocenters. The number of benzene rings is 2. The van der Waals surface area contributed by atoms with Gasteiger partial charge in [0.25, 0.3) is 0 Å². The highest BCUT2D eigenvalue weighted by Gasteiger charge is 2.15. The van der Waals surface area contributed by atoms with E-state index in [0.29, 0.717) is 15.9 Å². The fraction of sp³-hybridized carbons (Fsp3) is 0.316. The van der Waals surface area contributed by atoms with E-state index in [4.69, 9.17) is 16.3 Å². The van der Waals surface area contributed by atoms with Crippen molar-refractivity contribution in [2.75, 3.05) is 12.4 Å². The molecule has 6 nitrogen and oxygen atoms in total. The van der Waals surface area contributed by atoms with E-state index in [0.717, 1.165) is 16.8 Å². The quantitative estimate of drug-likeness (QED) is 0.575. The molecule has 0 aliphatic carbocycles. The lowest BCUT2D eigenvalue weighted by Crippen LogP contribution is -2.19. The van der Waals surface area contributed by atoms with Crippen LogP contribution in [-0.4, -0.2) is 43.8 Å². The van der Waals surface area contributed by atoms with Crippen molar-refractivity contribution in [3.05, 3.63) is 64.7 Å².